The Kier molecular flexibility index (Phi) is 11.9. The Morgan fingerprint density at radius 1 is 1.64 bits per heavy atom. The molecule has 0 radical (unpaired) electrons. The average molecular weight is 336 g/mol. The first-order valence-electron chi connectivity index (χ1n) is 3.51. The van der Waals surface area contributed by atoms with Crippen LogP contribution in [0.1, 0.15) is 26.2 Å². The van der Waals surface area contributed by atoms with Crippen LogP contribution in [0.25, 0.3) is 0 Å². The molecule has 1 N–H and O–H groups in total. The minimum absolute atomic E-state index is 0. The molecule has 0 rings (SSSR count). The molecular formula is C8H13AuNO+. The van der Waals surface area contributed by atoms with Crippen LogP contribution in [0.4, 0.5) is 0 Å². The van der Waals surface area contributed by atoms with E-state index >= 15 is 0 Å². The molecule has 0 saturated heterocycles. The molecule has 0 aromatic rings. The van der Waals surface area contributed by atoms with Crippen molar-refractivity contribution in [3.63, 3.8) is 0 Å². The molecule has 2 nitrogen and oxygen atoms in total. The van der Waals surface area contributed by atoms with Gasteiger partial charge in [0, 0.05) is 6.42 Å². The van der Waals surface area contributed by atoms with Crippen LogP contribution in [0.15, 0.2) is 0 Å². The molecule has 0 heterocycles. The molecule has 11 heavy (non-hydrogen) atoms. The normalized spacial score (nSPS) is 7.64. The molecule has 0 aliphatic carbocycles. The number of hydrogen-bond acceptors (Lipinski definition) is 1. The van der Waals surface area contributed by atoms with Crippen LogP contribution in [0, 0.1) is 12.3 Å². The summed E-state index contributed by atoms with van der Waals surface area (Å²) in [7, 11) is 0. The van der Waals surface area contributed by atoms with Gasteiger partial charge in [0.1, 0.15) is 0 Å². The summed E-state index contributed by atoms with van der Waals surface area (Å²) in [4.78, 5) is 10.8. The Labute approximate surface area is 83.6 Å². The SMILES string of the molecule is C#CCNC(=O)CCCC.[Au+]. The Bertz CT molecular complexity index is 140. The van der Waals surface area contributed by atoms with E-state index in [1.54, 1.807) is 0 Å². The fraction of sp³-hybridized carbons (Fsp3) is 0.625. The first kappa shape index (κ1) is 13.4. The van der Waals surface area contributed by atoms with Crippen molar-refractivity contribution in [2.24, 2.45) is 0 Å². The number of carbonyl (C=O) groups excluding carboxylic acids is 1. The van der Waals surface area contributed by atoms with Crippen molar-refractivity contribution in [2.75, 3.05) is 6.54 Å². The van der Waals surface area contributed by atoms with Gasteiger partial charge < -0.3 is 5.32 Å². The van der Waals surface area contributed by atoms with E-state index in [1.807, 2.05) is 0 Å². The third-order valence-electron chi connectivity index (χ3n) is 1.15. The Morgan fingerprint density at radius 2 is 2.27 bits per heavy atom. The van der Waals surface area contributed by atoms with Crippen LogP contribution in [0.3, 0.4) is 0 Å². The molecule has 0 saturated carbocycles. The zero-order chi connectivity index (χ0) is 7.82. The molecule has 66 valence electrons. The van der Waals surface area contributed by atoms with E-state index in [0.29, 0.717) is 13.0 Å². The third-order valence-corrected chi connectivity index (χ3v) is 1.15. The largest absolute Gasteiger partial charge is 1.00 e. The fourth-order valence-electron chi connectivity index (χ4n) is 0.575. The molecule has 0 aliphatic rings. The van der Waals surface area contributed by atoms with Crippen LogP contribution in [-0.2, 0) is 27.2 Å². The summed E-state index contributed by atoms with van der Waals surface area (Å²) in [5.74, 6) is 2.40. The van der Waals surface area contributed by atoms with Crippen molar-refractivity contribution in [3.8, 4) is 12.3 Å². The number of terminal acetylenes is 1. The van der Waals surface area contributed by atoms with E-state index < -0.39 is 0 Å². The smallest absolute Gasteiger partial charge is 0.345 e. The minimum Gasteiger partial charge on any atom is -0.345 e. The Balaban J connectivity index is 0. The standard InChI is InChI=1S/C8H13NO.Au/c1-3-5-6-8(10)9-7-4-2;/h2H,3,5-7H2,1H3,(H,9,10);/q;+1. The van der Waals surface area contributed by atoms with Gasteiger partial charge in [-0.1, -0.05) is 19.3 Å². The van der Waals surface area contributed by atoms with Crippen LogP contribution < -0.4 is 5.32 Å². The molecule has 0 spiro atoms. The van der Waals surface area contributed by atoms with Crippen molar-refractivity contribution < 1.29 is 27.2 Å². The van der Waals surface area contributed by atoms with Gasteiger partial charge in [-0.3, -0.25) is 4.79 Å². The molecule has 0 bridgehead atoms. The van der Waals surface area contributed by atoms with Gasteiger partial charge in [0.15, 0.2) is 0 Å². The summed E-state index contributed by atoms with van der Waals surface area (Å²) in [6.07, 6.45) is 7.52. The van der Waals surface area contributed by atoms with Gasteiger partial charge in [-0.25, -0.2) is 0 Å². The molecular weight excluding hydrogens is 323 g/mol. The zero-order valence-corrected chi connectivity index (χ0v) is 8.78. The van der Waals surface area contributed by atoms with E-state index in [0.717, 1.165) is 12.8 Å². The number of unbranched alkanes of at least 4 members (excludes halogenated alkanes) is 1. The first-order chi connectivity index (χ1) is 4.81. The summed E-state index contributed by atoms with van der Waals surface area (Å²) < 4.78 is 0. The summed E-state index contributed by atoms with van der Waals surface area (Å²) in [5.41, 5.74) is 0. The van der Waals surface area contributed by atoms with Gasteiger partial charge in [0.05, 0.1) is 6.54 Å². The monoisotopic (exact) mass is 336 g/mol. The first-order valence-corrected chi connectivity index (χ1v) is 3.51. The second-order valence-electron chi connectivity index (χ2n) is 2.08. The second-order valence-corrected chi connectivity index (χ2v) is 2.08. The van der Waals surface area contributed by atoms with Gasteiger partial charge in [-0.05, 0) is 6.42 Å². The van der Waals surface area contributed by atoms with Crippen LogP contribution in [0.2, 0.25) is 0 Å². The van der Waals surface area contributed by atoms with E-state index in [2.05, 4.69) is 18.2 Å². The predicted octanol–water partition coefficient (Wildman–Crippen LogP) is 0.923. The molecule has 0 fully saturated rings. The number of amides is 1. The summed E-state index contributed by atoms with van der Waals surface area (Å²) in [6.45, 7) is 2.40. The maximum absolute atomic E-state index is 10.8. The maximum Gasteiger partial charge on any atom is 1.00 e. The molecule has 0 unspecified atom stereocenters. The van der Waals surface area contributed by atoms with Crippen molar-refractivity contribution in [1.29, 1.82) is 0 Å². The number of hydrogen-bond donors (Lipinski definition) is 1. The fourth-order valence-corrected chi connectivity index (χ4v) is 0.575. The van der Waals surface area contributed by atoms with Crippen molar-refractivity contribution in [2.45, 2.75) is 26.2 Å². The average Bonchev–Trinajstić information content (AvgIpc) is 1.97. The van der Waals surface area contributed by atoms with Crippen LogP contribution in [-0.4, -0.2) is 12.5 Å². The molecule has 1 amide bonds. The van der Waals surface area contributed by atoms with Gasteiger partial charge >= 0.3 is 22.4 Å². The molecule has 0 aromatic carbocycles. The number of nitrogens with one attached hydrogen (secondary N) is 1. The van der Waals surface area contributed by atoms with Crippen molar-refractivity contribution >= 4 is 5.91 Å². The van der Waals surface area contributed by atoms with Crippen LogP contribution in [0.5, 0.6) is 0 Å². The van der Waals surface area contributed by atoms with Gasteiger partial charge in [-0.2, -0.15) is 0 Å². The predicted molar refractivity (Wildman–Crippen MR) is 41.4 cm³/mol. The van der Waals surface area contributed by atoms with Crippen LogP contribution >= 0.6 is 0 Å². The van der Waals surface area contributed by atoms with Crippen molar-refractivity contribution in [3.05, 3.63) is 0 Å². The van der Waals surface area contributed by atoms with E-state index in [-0.39, 0.29) is 28.3 Å². The van der Waals surface area contributed by atoms with E-state index in [4.69, 9.17) is 6.42 Å². The molecule has 0 aliphatic heterocycles. The third kappa shape index (κ3) is 9.77. The molecule has 3 heteroatoms. The van der Waals surface area contributed by atoms with E-state index in [1.165, 1.54) is 0 Å². The summed E-state index contributed by atoms with van der Waals surface area (Å²) in [6, 6.07) is 0. The minimum atomic E-state index is 0. The van der Waals surface area contributed by atoms with E-state index in [9.17, 15) is 4.79 Å². The Morgan fingerprint density at radius 3 is 2.73 bits per heavy atom. The maximum atomic E-state index is 10.8. The van der Waals surface area contributed by atoms with Crippen molar-refractivity contribution in [1.82, 2.24) is 5.32 Å². The van der Waals surface area contributed by atoms with Gasteiger partial charge in [0.2, 0.25) is 5.91 Å². The number of carbonyl (C=O) groups is 1. The second kappa shape index (κ2) is 9.77. The number of rotatable bonds is 4. The quantitative estimate of drug-likeness (QED) is 0.601. The summed E-state index contributed by atoms with van der Waals surface area (Å²) in [5, 5.41) is 2.59. The van der Waals surface area contributed by atoms with Gasteiger partial charge in [-0.15, -0.1) is 6.42 Å². The Hall–Kier alpha value is -0.230. The van der Waals surface area contributed by atoms with Gasteiger partial charge in [0.25, 0.3) is 0 Å². The topological polar surface area (TPSA) is 29.1 Å². The molecule has 0 atom stereocenters. The molecule has 0 aromatic heterocycles. The zero-order valence-electron chi connectivity index (χ0n) is 6.62. The summed E-state index contributed by atoms with van der Waals surface area (Å²) >= 11 is 0.